The molecule has 0 spiro atoms. The molecule has 2 unspecified atom stereocenters. The quantitative estimate of drug-likeness (QED) is 0.870. The van der Waals surface area contributed by atoms with Crippen LogP contribution >= 0.6 is 15.9 Å². The zero-order valence-corrected chi connectivity index (χ0v) is 11.6. The lowest BCUT2D eigenvalue weighted by atomic mass is 9.75. The van der Waals surface area contributed by atoms with Crippen molar-refractivity contribution in [1.29, 1.82) is 0 Å². The van der Waals surface area contributed by atoms with Crippen LogP contribution < -0.4 is 5.32 Å². The van der Waals surface area contributed by atoms with Crippen molar-refractivity contribution >= 4 is 15.9 Å². The molecule has 1 N–H and O–H groups in total. The van der Waals surface area contributed by atoms with Gasteiger partial charge in [0.25, 0.3) is 0 Å². The van der Waals surface area contributed by atoms with Crippen LogP contribution in [0.1, 0.15) is 31.7 Å². The summed E-state index contributed by atoms with van der Waals surface area (Å²) in [5.74, 6) is 2.23. The van der Waals surface area contributed by atoms with Crippen LogP contribution in [0.4, 0.5) is 0 Å². The number of nitrogens with one attached hydrogen (secondary N) is 1. The lowest BCUT2D eigenvalue weighted by Crippen LogP contribution is -2.38. The van der Waals surface area contributed by atoms with E-state index in [2.05, 4.69) is 59.4 Å². The molecule has 1 aliphatic heterocycles. The Kier molecular flexibility index (Phi) is 4.04. The van der Waals surface area contributed by atoms with E-state index in [0.29, 0.717) is 0 Å². The summed E-state index contributed by atoms with van der Waals surface area (Å²) in [5.41, 5.74) is 1.49. The highest BCUT2D eigenvalue weighted by molar-refractivity contribution is 9.10. The van der Waals surface area contributed by atoms with Crippen LogP contribution in [-0.4, -0.2) is 13.1 Å². The summed E-state index contributed by atoms with van der Waals surface area (Å²) >= 11 is 3.57. The van der Waals surface area contributed by atoms with Crippen molar-refractivity contribution in [3.63, 3.8) is 0 Å². The van der Waals surface area contributed by atoms with Gasteiger partial charge in [-0.05, 0) is 55.0 Å². The van der Waals surface area contributed by atoms with Gasteiger partial charge in [0.05, 0.1) is 0 Å². The van der Waals surface area contributed by atoms with E-state index in [1.807, 2.05) is 0 Å². The molecule has 2 heteroatoms. The number of halogens is 1. The third kappa shape index (κ3) is 2.67. The maximum Gasteiger partial charge on any atom is 0.0178 e. The van der Waals surface area contributed by atoms with E-state index in [1.165, 1.54) is 16.5 Å². The van der Waals surface area contributed by atoms with Gasteiger partial charge in [-0.25, -0.2) is 0 Å². The van der Waals surface area contributed by atoms with Gasteiger partial charge in [0.2, 0.25) is 0 Å². The first-order chi connectivity index (χ1) is 7.68. The lowest BCUT2D eigenvalue weighted by Gasteiger charge is -2.35. The molecule has 0 aliphatic carbocycles. The molecule has 1 heterocycles. The summed E-state index contributed by atoms with van der Waals surface area (Å²) in [6.45, 7) is 6.99. The van der Waals surface area contributed by atoms with Gasteiger partial charge >= 0.3 is 0 Å². The normalized spacial score (nSPS) is 26.0. The predicted octanol–water partition coefficient (Wildman–Crippen LogP) is 3.80. The number of rotatable bonds is 2. The molecule has 1 aliphatic rings. The van der Waals surface area contributed by atoms with Crippen molar-refractivity contribution in [2.45, 2.75) is 26.2 Å². The Labute approximate surface area is 107 Å². The zero-order valence-electron chi connectivity index (χ0n) is 10.0. The van der Waals surface area contributed by atoms with Crippen LogP contribution in [0.5, 0.6) is 0 Å². The second-order valence-electron chi connectivity index (χ2n) is 5.06. The first-order valence-electron chi connectivity index (χ1n) is 6.14. The molecular formula is C14H20BrN. The highest BCUT2D eigenvalue weighted by Crippen LogP contribution is 2.35. The number of hydrogen-bond acceptors (Lipinski definition) is 1. The Bertz CT molecular complexity index is 348. The molecule has 0 bridgehead atoms. The molecule has 16 heavy (non-hydrogen) atoms. The van der Waals surface area contributed by atoms with Crippen molar-refractivity contribution in [2.75, 3.05) is 13.1 Å². The van der Waals surface area contributed by atoms with Crippen LogP contribution in [-0.2, 0) is 0 Å². The number of piperidine rings is 1. The van der Waals surface area contributed by atoms with Gasteiger partial charge in [-0.1, -0.05) is 41.9 Å². The average Bonchev–Trinajstić information content (AvgIpc) is 2.29. The summed E-state index contributed by atoms with van der Waals surface area (Å²) in [7, 11) is 0. The minimum absolute atomic E-state index is 0.721. The first-order valence-corrected chi connectivity index (χ1v) is 6.94. The van der Waals surface area contributed by atoms with Crippen LogP contribution in [0.2, 0.25) is 0 Å². The zero-order chi connectivity index (χ0) is 11.5. The molecule has 1 fully saturated rings. The van der Waals surface area contributed by atoms with Gasteiger partial charge in [-0.2, -0.15) is 0 Å². The topological polar surface area (TPSA) is 12.0 Å². The fraction of sp³-hybridized carbons (Fsp3) is 0.571. The van der Waals surface area contributed by atoms with Gasteiger partial charge in [0.1, 0.15) is 0 Å². The summed E-state index contributed by atoms with van der Waals surface area (Å²) in [5, 5.41) is 3.52. The second-order valence-corrected chi connectivity index (χ2v) is 5.98. The Balaban J connectivity index is 2.23. The summed E-state index contributed by atoms with van der Waals surface area (Å²) in [6.07, 6.45) is 1.26. The average molecular weight is 282 g/mol. The molecule has 1 aromatic rings. The molecule has 0 aromatic heterocycles. The van der Waals surface area contributed by atoms with Gasteiger partial charge in [0.15, 0.2) is 0 Å². The Hall–Kier alpha value is -0.340. The van der Waals surface area contributed by atoms with E-state index in [9.17, 15) is 0 Å². The Morgan fingerprint density at radius 2 is 2.19 bits per heavy atom. The number of hydrogen-bond donors (Lipinski definition) is 1. The van der Waals surface area contributed by atoms with Gasteiger partial charge in [-0.15, -0.1) is 0 Å². The van der Waals surface area contributed by atoms with Crippen molar-refractivity contribution in [2.24, 2.45) is 11.8 Å². The fourth-order valence-electron chi connectivity index (χ4n) is 2.73. The molecule has 2 atom stereocenters. The summed E-state index contributed by atoms with van der Waals surface area (Å²) in [4.78, 5) is 0. The van der Waals surface area contributed by atoms with Crippen molar-refractivity contribution in [3.05, 3.63) is 34.3 Å². The van der Waals surface area contributed by atoms with Gasteiger partial charge < -0.3 is 5.32 Å². The van der Waals surface area contributed by atoms with Gasteiger partial charge in [0, 0.05) is 4.47 Å². The third-order valence-corrected chi connectivity index (χ3v) is 4.16. The van der Waals surface area contributed by atoms with Crippen LogP contribution in [0.3, 0.4) is 0 Å². The first kappa shape index (κ1) is 12.1. The maximum atomic E-state index is 3.57. The van der Waals surface area contributed by atoms with E-state index in [0.717, 1.165) is 30.8 Å². The maximum absolute atomic E-state index is 3.57. The number of benzene rings is 1. The van der Waals surface area contributed by atoms with E-state index < -0.39 is 0 Å². The van der Waals surface area contributed by atoms with Crippen molar-refractivity contribution < 1.29 is 0 Å². The Morgan fingerprint density at radius 1 is 1.38 bits per heavy atom. The second kappa shape index (κ2) is 5.33. The minimum atomic E-state index is 0.721. The van der Waals surface area contributed by atoms with E-state index in [4.69, 9.17) is 0 Å². The molecular weight excluding hydrogens is 262 g/mol. The van der Waals surface area contributed by atoms with Crippen LogP contribution in [0.25, 0.3) is 0 Å². The molecule has 1 nitrogen and oxygen atoms in total. The smallest absolute Gasteiger partial charge is 0.0178 e. The highest BCUT2D eigenvalue weighted by atomic mass is 79.9. The monoisotopic (exact) mass is 281 g/mol. The largest absolute Gasteiger partial charge is 0.316 e. The van der Waals surface area contributed by atoms with Crippen LogP contribution in [0, 0.1) is 11.8 Å². The van der Waals surface area contributed by atoms with E-state index >= 15 is 0 Å². The summed E-state index contributed by atoms with van der Waals surface area (Å²) in [6, 6.07) is 8.81. The summed E-state index contributed by atoms with van der Waals surface area (Å²) < 4.78 is 1.20. The third-order valence-electron chi connectivity index (χ3n) is 3.66. The molecule has 1 aromatic carbocycles. The Morgan fingerprint density at radius 3 is 2.88 bits per heavy atom. The van der Waals surface area contributed by atoms with Crippen molar-refractivity contribution in [3.8, 4) is 0 Å². The predicted molar refractivity (Wildman–Crippen MR) is 72.7 cm³/mol. The SMILES string of the molecule is CC(C)C1CNCCC1c1cccc(Br)c1. The lowest BCUT2D eigenvalue weighted by molar-refractivity contribution is 0.255. The van der Waals surface area contributed by atoms with E-state index in [1.54, 1.807) is 0 Å². The molecule has 0 saturated carbocycles. The van der Waals surface area contributed by atoms with Crippen molar-refractivity contribution in [1.82, 2.24) is 5.32 Å². The fourth-order valence-corrected chi connectivity index (χ4v) is 3.15. The minimum Gasteiger partial charge on any atom is -0.316 e. The molecule has 1 saturated heterocycles. The van der Waals surface area contributed by atoms with E-state index in [-0.39, 0.29) is 0 Å². The molecule has 88 valence electrons. The molecule has 2 rings (SSSR count). The standard InChI is InChI=1S/C14H20BrN/c1-10(2)14-9-16-7-6-13(14)11-4-3-5-12(15)8-11/h3-5,8,10,13-14,16H,6-7,9H2,1-2H3. The molecule has 0 amide bonds. The highest BCUT2D eigenvalue weighted by Gasteiger charge is 2.28. The van der Waals surface area contributed by atoms with Crippen LogP contribution in [0.15, 0.2) is 28.7 Å². The van der Waals surface area contributed by atoms with Gasteiger partial charge in [-0.3, -0.25) is 0 Å². The molecule has 0 radical (unpaired) electrons.